The first-order chi connectivity index (χ1) is 8.85. The van der Waals surface area contributed by atoms with Crippen LogP contribution in [0.3, 0.4) is 0 Å². The van der Waals surface area contributed by atoms with Crippen molar-refractivity contribution in [2.75, 3.05) is 31.6 Å². The summed E-state index contributed by atoms with van der Waals surface area (Å²) in [6, 6.07) is 2.28. The zero-order valence-electron chi connectivity index (χ0n) is 11.2. The van der Waals surface area contributed by atoms with Crippen molar-refractivity contribution in [1.29, 1.82) is 0 Å². The van der Waals surface area contributed by atoms with Crippen LogP contribution in [-0.4, -0.2) is 42.8 Å². The van der Waals surface area contributed by atoms with Gasteiger partial charge in [0, 0.05) is 31.4 Å². The summed E-state index contributed by atoms with van der Waals surface area (Å²) in [4.78, 5) is 11.1. The molecule has 0 saturated carbocycles. The number of anilines is 1. The molecule has 1 aromatic rings. The highest BCUT2D eigenvalue weighted by Gasteiger charge is 2.22. The summed E-state index contributed by atoms with van der Waals surface area (Å²) in [5.74, 6) is 1.41. The molecule has 1 aliphatic heterocycles. The Morgan fingerprint density at radius 2 is 2.44 bits per heavy atom. The lowest BCUT2D eigenvalue weighted by atomic mass is 10.1. The highest BCUT2D eigenvalue weighted by molar-refractivity contribution is 5.34. The van der Waals surface area contributed by atoms with E-state index in [0.29, 0.717) is 11.9 Å². The number of ether oxygens (including phenoxy) is 1. The maximum Gasteiger partial charge on any atom is 0.228 e. The average Bonchev–Trinajstić information content (AvgIpc) is 2.46. The number of nitrogens with zero attached hydrogens (tertiary/aromatic N) is 3. The Kier molecular flexibility index (Phi) is 4.75. The van der Waals surface area contributed by atoms with Crippen LogP contribution in [0.15, 0.2) is 12.3 Å². The van der Waals surface area contributed by atoms with Crippen LogP contribution in [0.1, 0.15) is 26.2 Å². The van der Waals surface area contributed by atoms with E-state index >= 15 is 0 Å². The van der Waals surface area contributed by atoms with Crippen molar-refractivity contribution in [3.8, 4) is 5.88 Å². The van der Waals surface area contributed by atoms with Gasteiger partial charge >= 0.3 is 0 Å². The second-order valence-electron chi connectivity index (χ2n) is 4.59. The van der Waals surface area contributed by atoms with Crippen LogP contribution in [-0.2, 0) is 0 Å². The molecule has 0 aromatic carbocycles. The molecular weight excluding hydrogens is 228 g/mol. The number of methoxy groups -OCH3 is 1. The Balaban J connectivity index is 2.16. The van der Waals surface area contributed by atoms with Gasteiger partial charge < -0.3 is 15.0 Å². The van der Waals surface area contributed by atoms with E-state index in [2.05, 4.69) is 27.1 Å². The average molecular weight is 250 g/mol. The standard InChI is InChI=1S/C13H22N4O/c1-3-9-17(11-5-4-7-14-10-11)13-15-8-6-12(16-13)18-2/h6,8,11,14H,3-5,7,9-10H2,1-2H3. The predicted octanol–water partition coefficient (Wildman–Crippen LogP) is 1.45. The molecule has 0 aliphatic carbocycles. The zero-order valence-corrected chi connectivity index (χ0v) is 11.2. The third kappa shape index (κ3) is 3.10. The van der Waals surface area contributed by atoms with Crippen LogP contribution in [0, 0.1) is 0 Å². The molecule has 0 spiro atoms. The first-order valence-electron chi connectivity index (χ1n) is 6.69. The molecule has 1 N–H and O–H groups in total. The van der Waals surface area contributed by atoms with Crippen molar-refractivity contribution in [2.45, 2.75) is 32.2 Å². The Bertz CT molecular complexity index is 366. The van der Waals surface area contributed by atoms with Gasteiger partial charge in [-0.3, -0.25) is 0 Å². The molecule has 5 heteroatoms. The number of hydrogen-bond donors (Lipinski definition) is 1. The molecule has 5 nitrogen and oxygen atoms in total. The van der Waals surface area contributed by atoms with Gasteiger partial charge in [-0.1, -0.05) is 6.92 Å². The van der Waals surface area contributed by atoms with Crippen molar-refractivity contribution in [1.82, 2.24) is 15.3 Å². The van der Waals surface area contributed by atoms with Crippen LogP contribution in [0.5, 0.6) is 5.88 Å². The Labute approximate surface area is 109 Å². The lowest BCUT2D eigenvalue weighted by Crippen LogP contribution is -2.47. The summed E-state index contributed by atoms with van der Waals surface area (Å²) in [5.41, 5.74) is 0. The number of hydrogen-bond acceptors (Lipinski definition) is 5. The van der Waals surface area contributed by atoms with Crippen molar-refractivity contribution >= 4 is 5.95 Å². The van der Waals surface area contributed by atoms with E-state index in [4.69, 9.17) is 4.74 Å². The molecular formula is C13H22N4O. The number of aromatic nitrogens is 2. The minimum Gasteiger partial charge on any atom is -0.481 e. The Morgan fingerprint density at radius 1 is 1.56 bits per heavy atom. The summed E-state index contributed by atoms with van der Waals surface area (Å²) in [5, 5.41) is 3.44. The van der Waals surface area contributed by atoms with E-state index in [1.807, 2.05) is 0 Å². The summed E-state index contributed by atoms with van der Waals surface area (Å²) in [6.07, 6.45) is 5.28. The van der Waals surface area contributed by atoms with Crippen LogP contribution < -0.4 is 15.0 Å². The molecule has 1 aromatic heterocycles. The van der Waals surface area contributed by atoms with E-state index in [1.165, 1.54) is 12.8 Å². The fourth-order valence-corrected chi connectivity index (χ4v) is 2.37. The lowest BCUT2D eigenvalue weighted by molar-refractivity contribution is 0.392. The smallest absolute Gasteiger partial charge is 0.228 e. The number of nitrogens with one attached hydrogen (secondary N) is 1. The molecule has 1 aliphatic rings. The van der Waals surface area contributed by atoms with E-state index in [1.54, 1.807) is 19.4 Å². The maximum absolute atomic E-state index is 5.18. The minimum absolute atomic E-state index is 0.491. The van der Waals surface area contributed by atoms with E-state index < -0.39 is 0 Å². The summed E-state index contributed by atoms with van der Waals surface area (Å²) in [7, 11) is 1.64. The highest BCUT2D eigenvalue weighted by Crippen LogP contribution is 2.19. The zero-order chi connectivity index (χ0) is 12.8. The molecule has 100 valence electrons. The van der Waals surface area contributed by atoms with E-state index in [0.717, 1.165) is 32.0 Å². The fourth-order valence-electron chi connectivity index (χ4n) is 2.37. The van der Waals surface area contributed by atoms with Gasteiger partial charge in [-0.25, -0.2) is 4.98 Å². The van der Waals surface area contributed by atoms with Crippen molar-refractivity contribution in [2.24, 2.45) is 0 Å². The SMILES string of the molecule is CCCN(c1nccc(OC)n1)C1CCCNC1. The van der Waals surface area contributed by atoms with Gasteiger partial charge in [0.1, 0.15) is 0 Å². The quantitative estimate of drug-likeness (QED) is 0.857. The third-order valence-electron chi connectivity index (χ3n) is 3.26. The molecule has 18 heavy (non-hydrogen) atoms. The molecule has 1 atom stereocenters. The third-order valence-corrected chi connectivity index (χ3v) is 3.26. The van der Waals surface area contributed by atoms with Gasteiger partial charge in [-0.2, -0.15) is 4.98 Å². The van der Waals surface area contributed by atoms with Gasteiger partial charge in [0.25, 0.3) is 0 Å². The van der Waals surface area contributed by atoms with Gasteiger partial charge in [0.05, 0.1) is 7.11 Å². The Morgan fingerprint density at radius 3 is 3.11 bits per heavy atom. The van der Waals surface area contributed by atoms with Crippen molar-refractivity contribution in [3.05, 3.63) is 12.3 Å². The first-order valence-corrected chi connectivity index (χ1v) is 6.69. The van der Waals surface area contributed by atoms with Crippen LogP contribution in [0.4, 0.5) is 5.95 Å². The van der Waals surface area contributed by atoms with Gasteiger partial charge in [-0.15, -0.1) is 0 Å². The van der Waals surface area contributed by atoms with Crippen molar-refractivity contribution < 1.29 is 4.74 Å². The Hall–Kier alpha value is -1.36. The van der Waals surface area contributed by atoms with E-state index in [-0.39, 0.29) is 0 Å². The number of piperidine rings is 1. The van der Waals surface area contributed by atoms with Crippen LogP contribution in [0.25, 0.3) is 0 Å². The van der Waals surface area contributed by atoms with Gasteiger partial charge in [0.2, 0.25) is 11.8 Å². The molecule has 1 unspecified atom stereocenters. The molecule has 0 amide bonds. The minimum atomic E-state index is 0.491. The van der Waals surface area contributed by atoms with Gasteiger partial charge in [0.15, 0.2) is 0 Å². The second-order valence-corrected chi connectivity index (χ2v) is 4.59. The normalized spacial score (nSPS) is 19.6. The van der Waals surface area contributed by atoms with Crippen LogP contribution >= 0.6 is 0 Å². The van der Waals surface area contributed by atoms with Gasteiger partial charge in [-0.05, 0) is 25.8 Å². The monoisotopic (exact) mass is 250 g/mol. The maximum atomic E-state index is 5.18. The number of rotatable bonds is 5. The van der Waals surface area contributed by atoms with Crippen molar-refractivity contribution in [3.63, 3.8) is 0 Å². The van der Waals surface area contributed by atoms with Crippen LogP contribution in [0.2, 0.25) is 0 Å². The summed E-state index contributed by atoms with van der Waals surface area (Å²) < 4.78 is 5.18. The fraction of sp³-hybridized carbons (Fsp3) is 0.692. The summed E-state index contributed by atoms with van der Waals surface area (Å²) in [6.45, 7) is 5.30. The largest absolute Gasteiger partial charge is 0.481 e. The molecule has 1 fully saturated rings. The second kappa shape index (κ2) is 6.54. The summed E-state index contributed by atoms with van der Waals surface area (Å²) >= 11 is 0. The highest BCUT2D eigenvalue weighted by atomic mass is 16.5. The molecule has 1 saturated heterocycles. The predicted molar refractivity (Wildman–Crippen MR) is 72.1 cm³/mol. The molecule has 2 heterocycles. The molecule has 0 radical (unpaired) electrons. The topological polar surface area (TPSA) is 50.3 Å². The molecule has 2 rings (SSSR count). The lowest BCUT2D eigenvalue weighted by Gasteiger charge is -2.34. The first kappa shape index (κ1) is 13.1. The molecule has 0 bridgehead atoms. The van der Waals surface area contributed by atoms with E-state index in [9.17, 15) is 0 Å².